The predicted octanol–water partition coefficient (Wildman–Crippen LogP) is 2.89. The van der Waals surface area contributed by atoms with E-state index in [1.165, 1.54) is 25.9 Å². The number of rotatable bonds is 1. The van der Waals surface area contributed by atoms with Gasteiger partial charge in [-0.15, -0.1) is 0 Å². The highest BCUT2D eigenvalue weighted by Gasteiger charge is 2.33. The van der Waals surface area contributed by atoms with Crippen LogP contribution in [0.2, 0.25) is 0 Å². The van der Waals surface area contributed by atoms with Crippen molar-refractivity contribution in [1.29, 1.82) is 0 Å². The Bertz CT molecular complexity index is 309. The fraction of sp³-hybridized carbons (Fsp3) is 0.933. The van der Waals surface area contributed by atoms with Gasteiger partial charge in [0.2, 0.25) is 0 Å². The summed E-state index contributed by atoms with van der Waals surface area (Å²) >= 11 is 0. The highest BCUT2D eigenvalue weighted by atomic mass is 16.4. The number of carbonyl (C=O) groups is 1. The van der Waals surface area contributed by atoms with Gasteiger partial charge in [-0.05, 0) is 71.4 Å². The predicted molar refractivity (Wildman–Crippen MR) is 76.4 cm³/mol. The molecule has 0 bridgehead atoms. The summed E-state index contributed by atoms with van der Waals surface area (Å²) in [5.41, 5.74) is 0.289. The molecule has 19 heavy (non-hydrogen) atoms. The molecule has 2 fully saturated rings. The van der Waals surface area contributed by atoms with Gasteiger partial charge in [0, 0.05) is 18.6 Å². The Morgan fingerprint density at radius 2 is 1.37 bits per heavy atom. The average molecular weight is 268 g/mol. The van der Waals surface area contributed by atoms with Gasteiger partial charge in [-0.1, -0.05) is 0 Å². The van der Waals surface area contributed by atoms with Crippen LogP contribution in [-0.2, 0) is 0 Å². The molecule has 2 aliphatic heterocycles. The maximum atomic E-state index is 10.9. The molecular formula is C15H28N2O2. The Morgan fingerprint density at radius 3 is 1.74 bits per heavy atom. The van der Waals surface area contributed by atoms with Crippen molar-refractivity contribution in [2.24, 2.45) is 11.8 Å². The van der Waals surface area contributed by atoms with E-state index in [2.05, 4.69) is 25.7 Å². The lowest BCUT2D eigenvalue weighted by atomic mass is 9.78. The molecule has 0 aromatic heterocycles. The van der Waals surface area contributed by atoms with Crippen molar-refractivity contribution < 1.29 is 9.90 Å². The molecule has 2 saturated heterocycles. The number of hydrogen-bond acceptors (Lipinski definition) is 2. The summed E-state index contributed by atoms with van der Waals surface area (Å²) < 4.78 is 0. The van der Waals surface area contributed by atoms with Crippen molar-refractivity contribution in [3.63, 3.8) is 0 Å². The Kier molecular flexibility index (Phi) is 4.39. The highest BCUT2D eigenvalue weighted by molar-refractivity contribution is 5.64. The fourth-order valence-electron chi connectivity index (χ4n) is 3.60. The number of likely N-dealkylation sites (tertiary alicyclic amines) is 2. The summed E-state index contributed by atoms with van der Waals surface area (Å²) in [5.74, 6) is 1.56. The van der Waals surface area contributed by atoms with Gasteiger partial charge in [-0.25, -0.2) is 4.79 Å². The van der Waals surface area contributed by atoms with Crippen LogP contribution in [0.4, 0.5) is 4.79 Å². The van der Waals surface area contributed by atoms with Crippen molar-refractivity contribution in [2.45, 2.75) is 52.0 Å². The molecule has 0 aromatic carbocycles. The Balaban J connectivity index is 1.78. The first-order valence-electron chi connectivity index (χ1n) is 7.61. The number of amides is 1. The van der Waals surface area contributed by atoms with Crippen LogP contribution < -0.4 is 0 Å². The minimum absolute atomic E-state index is 0.289. The van der Waals surface area contributed by atoms with E-state index < -0.39 is 6.09 Å². The third-order valence-corrected chi connectivity index (χ3v) is 4.97. The Labute approximate surface area is 116 Å². The quantitative estimate of drug-likeness (QED) is 0.795. The fourth-order valence-corrected chi connectivity index (χ4v) is 3.60. The molecule has 4 nitrogen and oxygen atoms in total. The molecule has 2 rings (SSSR count). The van der Waals surface area contributed by atoms with Crippen LogP contribution in [-0.4, -0.2) is 52.7 Å². The van der Waals surface area contributed by atoms with E-state index in [0.29, 0.717) is 0 Å². The molecule has 0 aromatic rings. The molecule has 0 unspecified atom stereocenters. The molecule has 110 valence electrons. The standard InChI is InChI=1S/C15H28N2O2/c1-15(2,3)17-10-6-13(7-11-17)12-4-8-16(9-5-12)14(18)19/h12-13H,4-11H2,1-3H3,(H,18,19). The lowest BCUT2D eigenvalue weighted by Crippen LogP contribution is -2.48. The molecule has 4 heteroatoms. The van der Waals surface area contributed by atoms with E-state index >= 15 is 0 Å². The molecule has 1 amide bonds. The minimum atomic E-state index is -0.749. The first kappa shape index (κ1) is 14.6. The summed E-state index contributed by atoms with van der Waals surface area (Å²) in [4.78, 5) is 15.1. The summed E-state index contributed by atoms with van der Waals surface area (Å²) in [7, 11) is 0. The van der Waals surface area contributed by atoms with Crippen molar-refractivity contribution in [2.75, 3.05) is 26.2 Å². The van der Waals surface area contributed by atoms with Gasteiger partial charge in [0.1, 0.15) is 0 Å². The largest absolute Gasteiger partial charge is 0.465 e. The molecule has 1 N–H and O–H groups in total. The van der Waals surface area contributed by atoms with Gasteiger partial charge >= 0.3 is 6.09 Å². The van der Waals surface area contributed by atoms with Crippen LogP contribution in [0.25, 0.3) is 0 Å². The summed E-state index contributed by atoms with van der Waals surface area (Å²) in [6.07, 6.45) is 3.95. The second-order valence-electron chi connectivity index (χ2n) is 7.10. The summed E-state index contributed by atoms with van der Waals surface area (Å²) in [5, 5.41) is 8.98. The zero-order valence-electron chi connectivity index (χ0n) is 12.6. The van der Waals surface area contributed by atoms with E-state index in [4.69, 9.17) is 5.11 Å². The van der Waals surface area contributed by atoms with E-state index in [1.54, 1.807) is 4.90 Å². The molecule has 0 saturated carbocycles. The number of nitrogens with zero attached hydrogens (tertiary/aromatic N) is 2. The zero-order chi connectivity index (χ0) is 14.0. The first-order valence-corrected chi connectivity index (χ1v) is 7.61. The van der Waals surface area contributed by atoms with Gasteiger partial charge in [0.25, 0.3) is 0 Å². The molecule has 2 aliphatic rings. The maximum absolute atomic E-state index is 10.9. The normalized spacial score (nSPS) is 24.7. The maximum Gasteiger partial charge on any atom is 0.407 e. The minimum Gasteiger partial charge on any atom is -0.465 e. The molecule has 0 atom stereocenters. The van der Waals surface area contributed by atoms with Gasteiger partial charge in [0.05, 0.1) is 0 Å². The summed E-state index contributed by atoms with van der Waals surface area (Å²) in [6.45, 7) is 10.7. The smallest absolute Gasteiger partial charge is 0.407 e. The molecule has 0 radical (unpaired) electrons. The highest BCUT2D eigenvalue weighted by Crippen LogP contribution is 2.34. The zero-order valence-corrected chi connectivity index (χ0v) is 12.6. The molecule has 0 aliphatic carbocycles. The monoisotopic (exact) mass is 268 g/mol. The molecule has 0 spiro atoms. The Hall–Kier alpha value is -0.770. The van der Waals surface area contributed by atoms with Crippen LogP contribution in [0.3, 0.4) is 0 Å². The lowest BCUT2D eigenvalue weighted by Gasteiger charge is -2.44. The van der Waals surface area contributed by atoms with E-state index in [-0.39, 0.29) is 5.54 Å². The number of carboxylic acid groups (broad SMARTS) is 1. The van der Waals surface area contributed by atoms with Crippen LogP contribution in [0.5, 0.6) is 0 Å². The second kappa shape index (κ2) is 5.70. The van der Waals surface area contributed by atoms with Crippen LogP contribution >= 0.6 is 0 Å². The van der Waals surface area contributed by atoms with E-state index in [9.17, 15) is 4.79 Å². The van der Waals surface area contributed by atoms with Crippen molar-refractivity contribution in [3.05, 3.63) is 0 Å². The lowest BCUT2D eigenvalue weighted by molar-refractivity contribution is 0.0521. The number of piperidine rings is 2. The topological polar surface area (TPSA) is 43.8 Å². The van der Waals surface area contributed by atoms with Crippen molar-refractivity contribution in [1.82, 2.24) is 9.80 Å². The third kappa shape index (κ3) is 3.62. The molecule has 2 heterocycles. The Morgan fingerprint density at radius 1 is 0.947 bits per heavy atom. The van der Waals surface area contributed by atoms with Crippen LogP contribution in [0.1, 0.15) is 46.5 Å². The van der Waals surface area contributed by atoms with Crippen LogP contribution in [0.15, 0.2) is 0 Å². The molecular weight excluding hydrogens is 240 g/mol. The van der Waals surface area contributed by atoms with Gasteiger partial charge in [-0.2, -0.15) is 0 Å². The van der Waals surface area contributed by atoms with Gasteiger partial charge in [0.15, 0.2) is 0 Å². The summed E-state index contributed by atoms with van der Waals surface area (Å²) in [6, 6.07) is 0. The average Bonchev–Trinajstić information content (AvgIpc) is 2.38. The third-order valence-electron chi connectivity index (χ3n) is 4.97. The van der Waals surface area contributed by atoms with Crippen molar-refractivity contribution in [3.8, 4) is 0 Å². The SMILES string of the molecule is CC(C)(C)N1CCC(C2CCN(C(=O)O)CC2)CC1. The second-order valence-corrected chi connectivity index (χ2v) is 7.10. The van der Waals surface area contributed by atoms with Crippen LogP contribution in [0, 0.1) is 11.8 Å². The van der Waals surface area contributed by atoms with Gasteiger partial charge < -0.3 is 10.0 Å². The van der Waals surface area contributed by atoms with E-state index in [0.717, 1.165) is 37.8 Å². The first-order chi connectivity index (χ1) is 8.88. The number of hydrogen-bond donors (Lipinski definition) is 1. The van der Waals surface area contributed by atoms with E-state index in [1.807, 2.05) is 0 Å². The van der Waals surface area contributed by atoms with Gasteiger partial charge in [-0.3, -0.25) is 4.90 Å². The van der Waals surface area contributed by atoms with Crippen molar-refractivity contribution >= 4 is 6.09 Å².